The van der Waals surface area contributed by atoms with Crippen LogP contribution in [-0.4, -0.2) is 29.5 Å². The molecule has 1 N–H and O–H groups in total. The average molecular weight is 402 g/mol. The molecule has 1 aromatic rings. The van der Waals surface area contributed by atoms with E-state index in [9.17, 15) is 14.4 Å². The fraction of sp³-hybridized carbons (Fsp3) is 0.522. The number of esters is 2. The lowest BCUT2D eigenvalue weighted by Gasteiger charge is -2.28. The number of allylic oxidation sites excluding steroid dienone is 2. The van der Waals surface area contributed by atoms with Crippen LogP contribution in [0.15, 0.2) is 42.5 Å². The van der Waals surface area contributed by atoms with Crippen LogP contribution in [0.25, 0.3) is 0 Å². The van der Waals surface area contributed by atoms with E-state index in [1.54, 1.807) is 27.7 Å². The topological polar surface area (TPSA) is 81.7 Å². The maximum Gasteiger partial charge on any atom is 0.307 e. The Morgan fingerprint density at radius 3 is 2.52 bits per heavy atom. The quantitative estimate of drug-likeness (QED) is 0.614. The number of amides is 1. The van der Waals surface area contributed by atoms with Gasteiger partial charge in [0.1, 0.15) is 11.7 Å². The van der Waals surface area contributed by atoms with Crippen molar-refractivity contribution in [1.82, 2.24) is 5.32 Å². The van der Waals surface area contributed by atoms with E-state index >= 15 is 0 Å². The highest BCUT2D eigenvalue weighted by atomic mass is 16.6. The van der Waals surface area contributed by atoms with E-state index in [0.717, 1.165) is 5.56 Å². The van der Waals surface area contributed by atoms with Crippen molar-refractivity contribution in [1.29, 1.82) is 0 Å². The third kappa shape index (κ3) is 7.72. The van der Waals surface area contributed by atoms with Crippen LogP contribution in [0.2, 0.25) is 0 Å². The molecule has 2 rings (SSSR count). The van der Waals surface area contributed by atoms with Gasteiger partial charge in [0.25, 0.3) is 0 Å². The molecule has 1 aromatic carbocycles. The summed E-state index contributed by atoms with van der Waals surface area (Å²) in [7, 11) is 0. The monoisotopic (exact) mass is 401 g/mol. The van der Waals surface area contributed by atoms with E-state index in [-0.39, 0.29) is 24.7 Å². The number of hydrogen-bond donors (Lipinski definition) is 1. The van der Waals surface area contributed by atoms with E-state index in [2.05, 4.69) is 5.32 Å². The van der Waals surface area contributed by atoms with Gasteiger partial charge in [-0.2, -0.15) is 0 Å². The fourth-order valence-corrected chi connectivity index (χ4v) is 3.17. The van der Waals surface area contributed by atoms with Crippen molar-refractivity contribution in [2.75, 3.05) is 0 Å². The van der Waals surface area contributed by atoms with Crippen molar-refractivity contribution in [3.63, 3.8) is 0 Å². The van der Waals surface area contributed by atoms with Crippen LogP contribution in [0.5, 0.6) is 0 Å². The van der Waals surface area contributed by atoms with Crippen molar-refractivity contribution in [2.24, 2.45) is 5.92 Å². The van der Waals surface area contributed by atoms with E-state index in [1.807, 2.05) is 42.5 Å². The van der Waals surface area contributed by atoms with Gasteiger partial charge in [-0.1, -0.05) is 42.5 Å². The normalized spacial score (nSPS) is 25.0. The van der Waals surface area contributed by atoms with Crippen LogP contribution in [0.4, 0.5) is 0 Å². The Morgan fingerprint density at radius 2 is 1.86 bits per heavy atom. The summed E-state index contributed by atoms with van der Waals surface area (Å²) >= 11 is 0. The third-order valence-corrected chi connectivity index (χ3v) is 4.52. The molecule has 0 saturated heterocycles. The highest BCUT2D eigenvalue weighted by Crippen LogP contribution is 2.24. The van der Waals surface area contributed by atoms with Crippen LogP contribution in [-0.2, 0) is 23.9 Å². The molecule has 6 heteroatoms. The maximum atomic E-state index is 12.9. The fourth-order valence-electron chi connectivity index (χ4n) is 3.17. The molecule has 3 atom stereocenters. The van der Waals surface area contributed by atoms with Gasteiger partial charge in [0.15, 0.2) is 0 Å². The first-order chi connectivity index (χ1) is 13.7. The van der Waals surface area contributed by atoms with E-state index in [0.29, 0.717) is 12.8 Å². The second-order valence-corrected chi connectivity index (χ2v) is 8.35. The van der Waals surface area contributed by atoms with Gasteiger partial charge in [0.05, 0.1) is 18.4 Å². The number of carbonyl (C=O) groups excluding carboxylic acids is 3. The minimum Gasteiger partial charge on any atom is -0.460 e. The number of benzene rings is 1. The van der Waals surface area contributed by atoms with E-state index in [4.69, 9.17) is 9.47 Å². The van der Waals surface area contributed by atoms with Crippen LogP contribution in [0, 0.1) is 5.92 Å². The molecule has 0 saturated carbocycles. The molecule has 158 valence electrons. The van der Waals surface area contributed by atoms with Crippen LogP contribution < -0.4 is 5.32 Å². The highest BCUT2D eigenvalue weighted by Gasteiger charge is 2.30. The van der Waals surface area contributed by atoms with Crippen molar-refractivity contribution >= 4 is 17.8 Å². The van der Waals surface area contributed by atoms with Crippen molar-refractivity contribution in [3.8, 4) is 0 Å². The van der Waals surface area contributed by atoms with E-state index in [1.165, 1.54) is 0 Å². The van der Waals surface area contributed by atoms with Gasteiger partial charge in [-0.25, -0.2) is 0 Å². The van der Waals surface area contributed by atoms with Crippen LogP contribution >= 0.6 is 0 Å². The summed E-state index contributed by atoms with van der Waals surface area (Å²) in [5.74, 6) is -1.52. The summed E-state index contributed by atoms with van der Waals surface area (Å²) in [6.45, 7) is 7.20. The van der Waals surface area contributed by atoms with Crippen LogP contribution in [0.1, 0.15) is 65.0 Å². The standard InChI is InChI=1S/C23H31NO5/c1-16-21(17-11-7-5-8-12-17)28-19(25)14-10-6-9-13-18(22(27)24-16)15-20(26)29-23(2,3)4/h5-9,11-12,16,18,21H,10,13-15H2,1-4H3,(H,24,27)/b9-6-/t16-,18-,21-/m0/s1. The molecule has 1 heterocycles. The first kappa shape index (κ1) is 22.7. The number of ether oxygens (including phenoxy) is 2. The zero-order valence-corrected chi connectivity index (χ0v) is 17.6. The number of hydrogen-bond acceptors (Lipinski definition) is 5. The van der Waals surface area contributed by atoms with Crippen LogP contribution in [0.3, 0.4) is 0 Å². The lowest BCUT2D eigenvalue weighted by molar-refractivity contribution is -0.157. The Hall–Kier alpha value is -2.63. The Labute approximate surface area is 172 Å². The number of nitrogens with one attached hydrogen (secondary N) is 1. The highest BCUT2D eigenvalue weighted by molar-refractivity contribution is 5.84. The molecule has 1 amide bonds. The largest absolute Gasteiger partial charge is 0.460 e. The number of rotatable bonds is 3. The summed E-state index contributed by atoms with van der Waals surface area (Å²) in [5.41, 5.74) is 0.208. The molecule has 0 radical (unpaired) electrons. The van der Waals surface area contributed by atoms with Crippen molar-refractivity contribution in [2.45, 2.75) is 71.1 Å². The lowest BCUT2D eigenvalue weighted by Crippen LogP contribution is -2.42. The summed E-state index contributed by atoms with van der Waals surface area (Å²) in [6.07, 6.45) is 4.27. The SMILES string of the molecule is C[C@@H]1NC(=O)[C@H](CC(=O)OC(C)(C)C)C/C=C\CCC(=O)O[C@@H]1c1ccccc1. The predicted molar refractivity (Wildman–Crippen MR) is 110 cm³/mol. The van der Waals surface area contributed by atoms with Gasteiger partial charge in [0.2, 0.25) is 5.91 Å². The van der Waals surface area contributed by atoms with Crippen molar-refractivity contribution < 1.29 is 23.9 Å². The zero-order chi connectivity index (χ0) is 21.4. The van der Waals surface area contributed by atoms with Gasteiger partial charge >= 0.3 is 11.9 Å². The molecule has 0 aromatic heterocycles. The number of cyclic esters (lactones) is 1. The minimum atomic E-state index is -0.602. The summed E-state index contributed by atoms with van der Waals surface area (Å²) < 4.78 is 11.1. The minimum absolute atomic E-state index is 0.00401. The molecule has 0 unspecified atom stereocenters. The van der Waals surface area contributed by atoms with Gasteiger partial charge in [-0.05, 0) is 46.1 Å². The van der Waals surface area contributed by atoms with Gasteiger partial charge in [-0.3, -0.25) is 14.4 Å². The van der Waals surface area contributed by atoms with E-state index < -0.39 is 29.6 Å². The molecule has 1 aliphatic rings. The first-order valence-corrected chi connectivity index (χ1v) is 10.1. The Kier molecular flexibility index (Phi) is 8.00. The molecule has 0 fully saturated rings. The Balaban J connectivity index is 2.20. The average Bonchev–Trinajstić information content (AvgIpc) is 2.63. The molecule has 6 nitrogen and oxygen atoms in total. The smallest absolute Gasteiger partial charge is 0.307 e. The summed E-state index contributed by atoms with van der Waals surface area (Å²) in [5, 5.41) is 2.93. The Morgan fingerprint density at radius 1 is 1.17 bits per heavy atom. The van der Waals surface area contributed by atoms with Gasteiger partial charge in [-0.15, -0.1) is 0 Å². The maximum absolute atomic E-state index is 12.9. The van der Waals surface area contributed by atoms with Gasteiger partial charge < -0.3 is 14.8 Å². The third-order valence-electron chi connectivity index (χ3n) is 4.52. The summed E-state index contributed by atoms with van der Waals surface area (Å²) in [6, 6.07) is 8.89. The van der Waals surface area contributed by atoms with Crippen molar-refractivity contribution in [3.05, 3.63) is 48.0 Å². The molecule has 0 aliphatic carbocycles. The molecular weight excluding hydrogens is 370 g/mol. The summed E-state index contributed by atoms with van der Waals surface area (Å²) in [4.78, 5) is 37.4. The zero-order valence-electron chi connectivity index (χ0n) is 17.6. The van der Waals surface area contributed by atoms with Gasteiger partial charge in [0, 0.05) is 6.42 Å². The number of carbonyl (C=O) groups is 3. The second-order valence-electron chi connectivity index (χ2n) is 8.35. The molecule has 0 bridgehead atoms. The molecular formula is C23H31NO5. The molecule has 29 heavy (non-hydrogen) atoms. The molecule has 0 spiro atoms. The Bertz CT molecular complexity index is 735. The second kappa shape index (κ2) is 10.2. The lowest BCUT2D eigenvalue weighted by atomic mass is 9.97. The predicted octanol–water partition coefficient (Wildman–Crippen LogP) is 3.86. The molecule has 1 aliphatic heterocycles. The first-order valence-electron chi connectivity index (χ1n) is 10.1.